The molecule has 1 aliphatic heterocycles. The van der Waals surface area contributed by atoms with Gasteiger partial charge in [-0.05, 0) is 25.0 Å². The number of hydrogen-bond donors (Lipinski definition) is 2. The van der Waals surface area contributed by atoms with Gasteiger partial charge in [-0.2, -0.15) is 0 Å². The van der Waals surface area contributed by atoms with Gasteiger partial charge in [0.2, 0.25) is 5.91 Å². The lowest BCUT2D eigenvalue weighted by molar-refractivity contribution is -0.124. The number of carbonyl (C=O) groups excluding carboxylic acids is 4. The maximum atomic E-state index is 12.5. The minimum absolute atomic E-state index is 0.136. The van der Waals surface area contributed by atoms with Crippen molar-refractivity contribution in [3.63, 3.8) is 0 Å². The monoisotopic (exact) mass is 303 g/mol. The molecule has 116 valence electrons. The predicted octanol–water partition coefficient (Wildman–Crippen LogP) is 0.349. The number of rotatable bonds is 6. The summed E-state index contributed by atoms with van der Waals surface area (Å²) in [5.41, 5.74) is 6.32. The van der Waals surface area contributed by atoms with Gasteiger partial charge < -0.3 is 15.8 Å². The van der Waals surface area contributed by atoms with E-state index in [2.05, 4.69) is 5.32 Å². The first-order valence-corrected chi connectivity index (χ1v) is 6.94. The van der Waals surface area contributed by atoms with E-state index in [4.69, 9.17) is 5.73 Å². The van der Waals surface area contributed by atoms with Gasteiger partial charge in [0.05, 0.1) is 11.1 Å². The molecule has 0 aliphatic carbocycles. The predicted molar refractivity (Wildman–Crippen MR) is 79.1 cm³/mol. The maximum Gasteiger partial charge on any atom is 0.264 e. The Balaban J connectivity index is 2.35. The second-order valence-corrected chi connectivity index (χ2v) is 4.98. The smallest absolute Gasteiger partial charge is 0.264 e. The summed E-state index contributed by atoms with van der Waals surface area (Å²) in [6, 6.07) is 3.69. The Hall–Kier alpha value is -2.70. The first-order chi connectivity index (χ1) is 10.5. The summed E-state index contributed by atoms with van der Waals surface area (Å²) in [5, 5.41) is 2.45. The van der Waals surface area contributed by atoms with E-state index >= 15 is 0 Å². The molecule has 3 amide bonds. The van der Waals surface area contributed by atoms with Gasteiger partial charge in [0.25, 0.3) is 11.8 Å². The Morgan fingerprint density at radius 2 is 2.09 bits per heavy atom. The van der Waals surface area contributed by atoms with Crippen LogP contribution in [-0.4, -0.2) is 42.0 Å². The molecule has 1 unspecified atom stereocenters. The fraction of sp³-hybridized carbons (Fsp3) is 0.333. The molecule has 1 aliphatic rings. The third-order valence-corrected chi connectivity index (χ3v) is 3.64. The first-order valence-electron chi connectivity index (χ1n) is 6.94. The van der Waals surface area contributed by atoms with Crippen molar-refractivity contribution in [2.24, 2.45) is 0 Å². The number of anilines is 1. The van der Waals surface area contributed by atoms with Crippen LogP contribution in [0.15, 0.2) is 18.2 Å². The van der Waals surface area contributed by atoms with Crippen LogP contribution in [0.5, 0.6) is 0 Å². The highest BCUT2D eigenvalue weighted by molar-refractivity contribution is 6.24. The third-order valence-electron chi connectivity index (χ3n) is 3.64. The molecule has 0 saturated carbocycles. The molecule has 0 bridgehead atoms. The topological polar surface area (TPSA) is 110 Å². The number of benzene rings is 1. The first kappa shape index (κ1) is 15.7. The van der Waals surface area contributed by atoms with Crippen LogP contribution in [0.4, 0.5) is 5.69 Å². The number of nitrogen functional groups attached to an aromatic ring is 1. The lowest BCUT2D eigenvalue weighted by Gasteiger charge is -2.24. The van der Waals surface area contributed by atoms with Crippen molar-refractivity contribution in [1.82, 2.24) is 10.2 Å². The summed E-state index contributed by atoms with van der Waals surface area (Å²) in [7, 11) is 1.43. The van der Waals surface area contributed by atoms with E-state index in [1.165, 1.54) is 19.2 Å². The van der Waals surface area contributed by atoms with Gasteiger partial charge in [-0.25, -0.2) is 0 Å². The molecule has 1 heterocycles. The number of unbranched alkanes of at least 4 members (excludes halogenated alkanes) is 1. The van der Waals surface area contributed by atoms with E-state index in [1.807, 2.05) is 0 Å². The van der Waals surface area contributed by atoms with E-state index in [9.17, 15) is 19.2 Å². The Bertz CT molecular complexity index is 642. The van der Waals surface area contributed by atoms with E-state index in [-0.39, 0.29) is 29.7 Å². The molecule has 0 spiro atoms. The molecule has 3 N–H and O–H groups in total. The molecule has 2 rings (SSSR count). The van der Waals surface area contributed by atoms with Gasteiger partial charge in [-0.1, -0.05) is 6.07 Å². The number of likely N-dealkylation sites (N-methyl/N-ethyl adjacent to an activating group) is 1. The Morgan fingerprint density at radius 3 is 2.68 bits per heavy atom. The minimum atomic E-state index is -0.947. The van der Waals surface area contributed by atoms with E-state index in [0.29, 0.717) is 6.42 Å². The standard InChI is InChI=1S/C15H17N3O4/c1-17-13(20)11(7-2-3-8-19)18-14(21)9-5-4-6-10(16)12(9)15(18)22/h4-6,8,11H,2-3,7,16H2,1H3,(H,17,20). The minimum Gasteiger partial charge on any atom is -0.398 e. The highest BCUT2D eigenvalue weighted by atomic mass is 16.2. The van der Waals surface area contributed by atoms with E-state index < -0.39 is 23.8 Å². The van der Waals surface area contributed by atoms with Crippen LogP contribution in [0.25, 0.3) is 0 Å². The Kier molecular flexibility index (Phi) is 4.55. The van der Waals surface area contributed by atoms with Crippen molar-refractivity contribution < 1.29 is 19.2 Å². The third kappa shape index (κ3) is 2.57. The van der Waals surface area contributed by atoms with E-state index in [1.54, 1.807) is 6.07 Å². The van der Waals surface area contributed by atoms with Gasteiger partial charge >= 0.3 is 0 Å². The van der Waals surface area contributed by atoms with E-state index in [0.717, 1.165) is 11.2 Å². The molecule has 0 fully saturated rings. The average Bonchev–Trinajstić information content (AvgIpc) is 2.76. The average molecular weight is 303 g/mol. The molecule has 7 nitrogen and oxygen atoms in total. The molecular formula is C15H17N3O4. The summed E-state index contributed by atoms with van der Waals surface area (Å²) < 4.78 is 0. The van der Waals surface area contributed by atoms with Crippen molar-refractivity contribution in [2.75, 3.05) is 12.8 Å². The van der Waals surface area contributed by atoms with Gasteiger partial charge in [0.15, 0.2) is 0 Å². The number of fused-ring (bicyclic) bond motifs is 1. The molecule has 1 aromatic carbocycles. The van der Waals surface area contributed by atoms with Crippen LogP contribution < -0.4 is 11.1 Å². The maximum absolute atomic E-state index is 12.5. The van der Waals surface area contributed by atoms with Crippen LogP contribution in [0.1, 0.15) is 40.0 Å². The molecule has 1 atom stereocenters. The van der Waals surface area contributed by atoms with Crippen molar-refractivity contribution in [1.29, 1.82) is 0 Å². The van der Waals surface area contributed by atoms with Crippen molar-refractivity contribution in [3.8, 4) is 0 Å². The second-order valence-electron chi connectivity index (χ2n) is 4.98. The molecular weight excluding hydrogens is 286 g/mol. The van der Waals surface area contributed by atoms with Crippen LogP contribution in [0.3, 0.4) is 0 Å². The van der Waals surface area contributed by atoms with Gasteiger partial charge in [0, 0.05) is 19.2 Å². The van der Waals surface area contributed by atoms with Crippen LogP contribution in [-0.2, 0) is 9.59 Å². The number of amides is 3. The summed E-state index contributed by atoms with van der Waals surface area (Å²) >= 11 is 0. The molecule has 7 heteroatoms. The number of nitrogens with one attached hydrogen (secondary N) is 1. The zero-order chi connectivity index (χ0) is 16.3. The lowest BCUT2D eigenvalue weighted by atomic mass is 10.1. The van der Waals surface area contributed by atoms with Gasteiger partial charge in [-0.15, -0.1) is 0 Å². The van der Waals surface area contributed by atoms with Gasteiger partial charge in [-0.3, -0.25) is 19.3 Å². The molecule has 0 aromatic heterocycles. The van der Waals surface area contributed by atoms with Crippen molar-refractivity contribution >= 4 is 29.7 Å². The quantitative estimate of drug-likeness (QED) is 0.341. The van der Waals surface area contributed by atoms with Crippen LogP contribution in [0.2, 0.25) is 0 Å². The zero-order valence-corrected chi connectivity index (χ0v) is 12.2. The summed E-state index contributed by atoms with van der Waals surface area (Å²) in [4.78, 5) is 48.4. The summed E-state index contributed by atoms with van der Waals surface area (Å²) in [6.07, 6.45) is 1.63. The highest BCUT2D eigenvalue weighted by Crippen LogP contribution is 2.30. The number of carbonyl (C=O) groups is 4. The van der Waals surface area contributed by atoms with Crippen molar-refractivity contribution in [3.05, 3.63) is 29.3 Å². The number of nitrogens with zero attached hydrogens (tertiary/aromatic N) is 1. The molecule has 1 aromatic rings. The lowest BCUT2D eigenvalue weighted by Crippen LogP contribution is -2.48. The fourth-order valence-corrected chi connectivity index (χ4v) is 2.55. The van der Waals surface area contributed by atoms with Crippen LogP contribution in [0, 0.1) is 0 Å². The SMILES string of the molecule is CNC(=O)C(CCCC=O)N1C(=O)c2cccc(N)c2C1=O. The summed E-state index contributed by atoms with van der Waals surface area (Å²) in [5.74, 6) is -1.55. The number of imide groups is 1. The summed E-state index contributed by atoms with van der Waals surface area (Å²) in [6.45, 7) is 0. The Morgan fingerprint density at radius 1 is 1.36 bits per heavy atom. The zero-order valence-electron chi connectivity index (χ0n) is 12.2. The second kappa shape index (κ2) is 6.38. The fourth-order valence-electron chi connectivity index (χ4n) is 2.55. The number of hydrogen-bond acceptors (Lipinski definition) is 5. The van der Waals surface area contributed by atoms with Crippen LogP contribution >= 0.6 is 0 Å². The van der Waals surface area contributed by atoms with Crippen molar-refractivity contribution in [2.45, 2.75) is 25.3 Å². The number of nitrogens with two attached hydrogens (primary N) is 1. The highest BCUT2D eigenvalue weighted by Gasteiger charge is 2.43. The molecule has 22 heavy (non-hydrogen) atoms. The molecule has 0 radical (unpaired) electrons. The molecule has 0 saturated heterocycles. The Labute approximate surface area is 127 Å². The van der Waals surface area contributed by atoms with Gasteiger partial charge in [0.1, 0.15) is 12.3 Å². The normalized spacial score (nSPS) is 14.7. The largest absolute Gasteiger partial charge is 0.398 e. The number of aldehydes is 1.